The van der Waals surface area contributed by atoms with Gasteiger partial charge in [-0.2, -0.15) is 0 Å². The zero-order chi connectivity index (χ0) is 15.7. The lowest BCUT2D eigenvalue weighted by atomic mass is 10.4. The van der Waals surface area contributed by atoms with Crippen molar-refractivity contribution in [3.05, 3.63) is 64.0 Å². The first-order chi connectivity index (χ1) is 10.4. The van der Waals surface area contributed by atoms with E-state index in [1.807, 2.05) is 0 Å². The molecule has 0 bridgehead atoms. The molecule has 0 spiro atoms. The summed E-state index contributed by atoms with van der Waals surface area (Å²) in [5.74, 6) is 0. The number of hydrogen-bond donors (Lipinski definition) is 1. The molecule has 114 valence electrons. The quantitative estimate of drug-likeness (QED) is 0.731. The molecule has 1 aromatic carbocycles. The van der Waals surface area contributed by atoms with Crippen molar-refractivity contribution >= 4 is 43.2 Å². The Kier molecular flexibility index (Phi) is 4.22. The highest BCUT2D eigenvalue weighted by Crippen LogP contribution is 2.15. The lowest BCUT2D eigenvalue weighted by molar-refractivity contribution is 0.580. The maximum atomic E-state index is 12.2. The standard InChI is InChI=1S/C14H11BrClN3O2S/c15-10-1-4-13(5-2-10)22(20,21)17-7-12-9-19-8-11(16)3-6-14(19)18-12/h1-6,8-9,17H,7H2. The van der Waals surface area contributed by atoms with Crippen molar-refractivity contribution in [3.63, 3.8) is 0 Å². The number of aromatic nitrogens is 2. The fourth-order valence-electron chi connectivity index (χ4n) is 1.97. The number of nitrogens with zero attached hydrogens (tertiary/aromatic N) is 2. The molecule has 22 heavy (non-hydrogen) atoms. The van der Waals surface area contributed by atoms with Crippen LogP contribution in [0.5, 0.6) is 0 Å². The third-order valence-corrected chi connectivity index (χ3v) is 5.20. The van der Waals surface area contributed by atoms with E-state index >= 15 is 0 Å². The number of hydrogen-bond acceptors (Lipinski definition) is 3. The maximum absolute atomic E-state index is 12.2. The van der Waals surface area contributed by atoms with E-state index < -0.39 is 10.0 Å². The predicted octanol–water partition coefficient (Wildman–Crippen LogP) is 3.23. The van der Waals surface area contributed by atoms with Gasteiger partial charge in [0.2, 0.25) is 10.0 Å². The van der Waals surface area contributed by atoms with Crippen LogP contribution < -0.4 is 4.72 Å². The Bertz CT molecular complexity index is 923. The van der Waals surface area contributed by atoms with Gasteiger partial charge in [0.05, 0.1) is 22.2 Å². The molecule has 2 aromatic heterocycles. The molecule has 0 radical (unpaired) electrons. The zero-order valence-corrected chi connectivity index (χ0v) is 14.4. The number of halogens is 2. The molecular formula is C14H11BrClN3O2S. The van der Waals surface area contributed by atoms with E-state index in [1.165, 1.54) is 12.1 Å². The second kappa shape index (κ2) is 6.00. The second-order valence-electron chi connectivity index (χ2n) is 4.62. The van der Waals surface area contributed by atoms with Gasteiger partial charge < -0.3 is 4.40 Å². The van der Waals surface area contributed by atoms with Crippen LogP contribution in [-0.2, 0) is 16.6 Å². The van der Waals surface area contributed by atoms with Gasteiger partial charge in [0.15, 0.2) is 0 Å². The SMILES string of the molecule is O=S(=O)(NCc1cn2cc(Cl)ccc2n1)c1ccc(Br)cc1. The van der Waals surface area contributed by atoms with Gasteiger partial charge in [-0.15, -0.1) is 0 Å². The van der Waals surface area contributed by atoms with Crippen molar-refractivity contribution in [1.29, 1.82) is 0 Å². The fourth-order valence-corrected chi connectivity index (χ4v) is 3.40. The fraction of sp³-hybridized carbons (Fsp3) is 0.0714. The van der Waals surface area contributed by atoms with E-state index in [1.54, 1.807) is 41.1 Å². The summed E-state index contributed by atoms with van der Waals surface area (Å²) in [6, 6.07) is 9.95. The largest absolute Gasteiger partial charge is 0.305 e. The Morgan fingerprint density at radius 1 is 1.14 bits per heavy atom. The van der Waals surface area contributed by atoms with Crippen molar-refractivity contribution < 1.29 is 8.42 Å². The summed E-state index contributed by atoms with van der Waals surface area (Å²) in [7, 11) is -3.57. The van der Waals surface area contributed by atoms with Crippen LogP contribution in [0.3, 0.4) is 0 Å². The van der Waals surface area contributed by atoms with Gasteiger partial charge in [-0.3, -0.25) is 0 Å². The smallest absolute Gasteiger partial charge is 0.240 e. The van der Waals surface area contributed by atoms with Gasteiger partial charge in [0.1, 0.15) is 5.65 Å². The molecule has 3 aromatic rings. The van der Waals surface area contributed by atoms with Gasteiger partial charge in [0, 0.05) is 16.9 Å². The number of rotatable bonds is 4. The molecule has 0 aliphatic heterocycles. The molecule has 2 heterocycles. The number of pyridine rings is 1. The van der Waals surface area contributed by atoms with E-state index in [0.717, 1.165) is 4.47 Å². The van der Waals surface area contributed by atoms with Gasteiger partial charge in [-0.25, -0.2) is 18.1 Å². The lowest BCUT2D eigenvalue weighted by Crippen LogP contribution is -2.23. The molecule has 0 atom stereocenters. The lowest BCUT2D eigenvalue weighted by Gasteiger charge is -2.05. The van der Waals surface area contributed by atoms with Gasteiger partial charge >= 0.3 is 0 Å². The normalized spacial score (nSPS) is 11.9. The Morgan fingerprint density at radius 2 is 1.86 bits per heavy atom. The molecule has 1 N–H and O–H groups in total. The minimum atomic E-state index is -3.57. The van der Waals surface area contributed by atoms with Crippen LogP contribution >= 0.6 is 27.5 Å². The Balaban J connectivity index is 1.79. The summed E-state index contributed by atoms with van der Waals surface area (Å²) in [6.45, 7) is 0.109. The number of imidazole rings is 1. The number of nitrogens with one attached hydrogen (secondary N) is 1. The Labute approximate surface area is 141 Å². The molecule has 5 nitrogen and oxygen atoms in total. The third-order valence-electron chi connectivity index (χ3n) is 3.03. The van der Waals surface area contributed by atoms with Crippen LogP contribution in [0.25, 0.3) is 5.65 Å². The summed E-state index contributed by atoms with van der Waals surface area (Å²) >= 11 is 9.18. The third kappa shape index (κ3) is 3.33. The summed E-state index contributed by atoms with van der Waals surface area (Å²) < 4.78 is 29.5. The second-order valence-corrected chi connectivity index (χ2v) is 7.74. The molecule has 0 unspecified atom stereocenters. The molecule has 0 aliphatic carbocycles. The molecule has 3 rings (SSSR count). The van der Waals surface area contributed by atoms with Crippen LogP contribution in [-0.4, -0.2) is 17.8 Å². The van der Waals surface area contributed by atoms with E-state index in [2.05, 4.69) is 25.6 Å². The first kappa shape index (κ1) is 15.5. The van der Waals surface area contributed by atoms with E-state index in [0.29, 0.717) is 16.4 Å². The monoisotopic (exact) mass is 399 g/mol. The summed E-state index contributed by atoms with van der Waals surface area (Å²) in [6.07, 6.45) is 3.46. The molecule has 0 aliphatic rings. The Morgan fingerprint density at radius 3 is 2.59 bits per heavy atom. The highest BCUT2D eigenvalue weighted by atomic mass is 79.9. The van der Waals surface area contributed by atoms with Crippen LogP contribution in [0.2, 0.25) is 5.02 Å². The first-order valence-corrected chi connectivity index (χ1v) is 8.98. The summed E-state index contributed by atoms with van der Waals surface area (Å²) in [5, 5.41) is 0.590. The van der Waals surface area contributed by atoms with E-state index in [-0.39, 0.29) is 11.4 Å². The molecule has 0 amide bonds. The first-order valence-electron chi connectivity index (χ1n) is 6.32. The van der Waals surface area contributed by atoms with Gasteiger partial charge in [0.25, 0.3) is 0 Å². The average molecular weight is 401 g/mol. The van der Waals surface area contributed by atoms with Crippen LogP contribution in [0.1, 0.15) is 5.69 Å². The van der Waals surface area contributed by atoms with Gasteiger partial charge in [-0.1, -0.05) is 27.5 Å². The average Bonchev–Trinajstić information content (AvgIpc) is 2.88. The number of fused-ring (bicyclic) bond motifs is 1. The van der Waals surface area contributed by atoms with Crippen molar-refractivity contribution in [2.45, 2.75) is 11.4 Å². The Hall–Kier alpha value is -1.41. The number of benzene rings is 1. The highest BCUT2D eigenvalue weighted by Gasteiger charge is 2.14. The van der Waals surface area contributed by atoms with E-state index in [9.17, 15) is 8.42 Å². The van der Waals surface area contributed by atoms with Crippen LogP contribution in [0.15, 0.2) is 58.2 Å². The predicted molar refractivity (Wildman–Crippen MR) is 88.4 cm³/mol. The summed E-state index contributed by atoms with van der Waals surface area (Å²) in [4.78, 5) is 4.55. The maximum Gasteiger partial charge on any atom is 0.240 e. The van der Waals surface area contributed by atoms with Crippen molar-refractivity contribution in [3.8, 4) is 0 Å². The highest BCUT2D eigenvalue weighted by molar-refractivity contribution is 9.10. The zero-order valence-electron chi connectivity index (χ0n) is 11.2. The molecular weight excluding hydrogens is 390 g/mol. The van der Waals surface area contributed by atoms with Crippen molar-refractivity contribution in [2.24, 2.45) is 0 Å². The van der Waals surface area contributed by atoms with Crippen LogP contribution in [0, 0.1) is 0 Å². The topological polar surface area (TPSA) is 63.5 Å². The molecule has 0 fully saturated rings. The summed E-state index contributed by atoms with van der Waals surface area (Å²) in [5.41, 5.74) is 1.32. The molecule has 8 heteroatoms. The molecule has 0 saturated heterocycles. The molecule has 0 saturated carbocycles. The van der Waals surface area contributed by atoms with Crippen molar-refractivity contribution in [1.82, 2.24) is 14.1 Å². The minimum absolute atomic E-state index is 0.109. The van der Waals surface area contributed by atoms with E-state index in [4.69, 9.17) is 11.6 Å². The van der Waals surface area contributed by atoms with Gasteiger partial charge in [-0.05, 0) is 36.4 Å². The van der Waals surface area contributed by atoms with Crippen molar-refractivity contribution in [2.75, 3.05) is 0 Å². The minimum Gasteiger partial charge on any atom is -0.305 e. The van der Waals surface area contributed by atoms with Crippen LogP contribution in [0.4, 0.5) is 0 Å². The number of sulfonamides is 1.